The summed E-state index contributed by atoms with van der Waals surface area (Å²) in [5.41, 5.74) is 1.27. The highest BCUT2D eigenvalue weighted by Crippen LogP contribution is 2.31. The van der Waals surface area contributed by atoms with E-state index in [2.05, 4.69) is 18.7 Å². The first kappa shape index (κ1) is 12.0. The minimum absolute atomic E-state index is 0.410. The molecule has 0 aromatic heterocycles. The van der Waals surface area contributed by atoms with E-state index >= 15 is 0 Å². The smallest absolute Gasteiger partial charge is 0.337 e. The predicted octanol–water partition coefficient (Wildman–Crippen LogP) is 3.15. The lowest BCUT2D eigenvalue weighted by molar-refractivity contribution is 0.0697. The van der Waals surface area contributed by atoms with E-state index in [1.54, 1.807) is 12.1 Å². The Kier molecular flexibility index (Phi) is 3.36. The van der Waals surface area contributed by atoms with Crippen LogP contribution in [0.1, 0.15) is 43.5 Å². The van der Waals surface area contributed by atoms with Crippen LogP contribution in [0.15, 0.2) is 24.3 Å². The lowest BCUT2D eigenvalue weighted by Gasteiger charge is -2.41. The van der Waals surface area contributed by atoms with Gasteiger partial charge in [-0.2, -0.15) is 0 Å². The van der Waals surface area contributed by atoms with Crippen LogP contribution < -0.4 is 4.90 Å². The second-order valence-electron chi connectivity index (χ2n) is 4.86. The summed E-state index contributed by atoms with van der Waals surface area (Å²) in [7, 11) is 0. The van der Waals surface area contributed by atoms with Crippen molar-refractivity contribution in [3.63, 3.8) is 0 Å². The van der Waals surface area contributed by atoms with Crippen LogP contribution in [0, 0.1) is 0 Å². The molecule has 2 atom stereocenters. The molecule has 1 aromatic carbocycles. The summed E-state index contributed by atoms with van der Waals surface area (Å²) in [4.78, 5) is 13.5. The van der Waals surface area contributed by atoms with Crippen molar-refractivity contribution in [3.05, 3.63) is 29.8 Å². The lowest BCUT2D eigenvalue weighted by Crippen LogP contribution is -2.44. The average molecular weight is 233 g/mol. The summed E-state index contributed by atoms with van der Waals surface area (Å²) in [5, 5.41) is 9.24. The fourth-order valence-corrected chi connectivity index (χ4v) is 2.78. The van der Waals surface area contributed by atoms with E-state index in [4.69, 9.17) is 0 Å². The number of piperidine rings is 1. The number of hydrogen-bond acceptors (Lipinski definition) is 2. The summed E-state index contributed by atoms with van der Waals surface area (Å²) in [6.07, 6.45) is 3.50. The normalized spacial score (nSPS) is 24.7. The molecule has 0 saturated carbocycles. The highest BCUT2D eigenvalue weighted by molar-refractivity contribution is 5.94. The zero-order chi connectivity index (χ0) is 12.4. The molecule has 1 aliphatic heterocycles. The first-order valence-electron chi connectivity index (χ1n) is 6.22. The Balaban J connectivity index is 2.41. The number of para-hydroxylation sites is 1. The molecule has 1 N–H and O–H groups in total. The number of aromatic carboxylic acids is 1. The van der Waals surface area contributed by atoms with Crippen molar-refractivity contribution in [1.29, 1.82) is 0 Å². The number of anilines is 1. The van der Waals surface area contributed by atoms with Crippen molar-refractivity contribution in [1.82, 2.24) is 0 Å². The lowest BCUT2D eigenvalue weighted by atomic mass is 9.95. The second kappa shape index (κ2) is 4.78. The molecule has 17 heavy (non-hydrogen) atoms. The SMILES string of the molecule is CC1CCCC(C)N1c1ccccc1C(=O)O. The minimum Gasteiger partial charge on any atom is -0.478 e. The fraction of sp³-hybridized carbons (Fsp3) is 0.500. The van der Waals surface area contributed by atoms with Crippen LogP contribution in [0.4, 0.5) is 5.69 Å². The topological polar surface area (TPSA) is 40.5 Å². The van der Waals surface area contributed by atoms with Gasteiger partial charge in [-0.25, -0.2) is 4.79 Å². The standard InChI is InChI=1S/C14H19NO2/c1-10-6-5-7-11(2)15(10)13-9-4-3-8-12(13)14(16)17/h3-4,8-11H,5-7H2,1-2H3,(H,16,17). The van der Waals surface area contributed by atoms with Crippen LogP contribution in [-0.2, 0) is 0 Å². The molecule has 1 aromatic rings. The van der Waals surface area contributed by atoms with Gasteiger partial charge >= 0.3 is 5.97 Å². The quantitative estimate of drug-likeness (QED) is 0.853. The predicted molar refractivity (Wildman–Crippen MR) is 68.7 cm³/mol. The molecule has 0 radical (unpaired) electrons. The number of carbonyl (C=O) groups is 1. The second-order valence-corrected chi connectivity index (χ2v) is 4.86. The first-order chi connectivity index (χ1) is 8.11. The molecule has 1 aliphatic rings. The maximum Gasteiger partial charge on any atom is 0.337 e. The van der Waals surface area contributed by atoms with Gasteiger partial charge in [0.25, 0.3) is 0 Å². The summed E-state index contributed by atoms with van der Waals surface area (Å²) in [5.74, 6) is -0.842. The number of carboxylic acid groups (broad SMARTS) is 1. The van der Waals surface area contributed by atoms with Crippen LogP contribution >= 0.6 is 0 Å². The fourth-order valence-electron chi connectivity index (χ4n) is 2.78. The number of rotatable bonds is 2. The highest BCUT2D eigenvalue weighted by atomic mass is 16.4. The van der Waals surface area contributed by atoms with Crippen molar-refractivity contribution in [2.45, 2.75) is 45.2 Å². The molecule has 2 unspecified atom stereocenters. The Morgan fingerprint density at radius 3 is 2.41 bits per heavy atom. The van der Waals surface area contributed by atoms with Gasteiger partial charge in [-0.3, -0.25) is 0 Å². The molecular weight excluding hydrogens is 214 g/mol. The van der Waals surface area contributed by atoms with Crippen molar-refractivity contribution in [2.75, 3.05) is 4.90 Å². The van der Waals surface area contributed by atoms with E-state index < -0.39 is 5.97 Å². The first-order valence-corrected chi connectivity index (χ1v) is 6.22. The summed E-state index contributed by atoms with van der Waals surface area (Å²) in [6.45, 7) is 4.35. The summed E-state index contributed by atoms with van der Waals surface area (Å²) >= 11 is 0. The van der Waals surface area contributed by atoms with Crippen molar-refractivity contribution >= 4 is 11.7 Å². The Morgan fingerprint density at radius 2 is 1.82 bits per heavy atom. The number of carboxylic acids is 1. The van der Waals surface area contributed by atoms with Crippen LogP contribution in [0.5, 0.6) is 0 Å². The van der Waals surface area contributed by atoms with Crippen LogP contribution in [-0.4, -0.2) is 23.2 Å². The van der Waals surface area contributed by atoms with Gasteiger partial charge in [0, 0.05) is 12.1 Å². The van der Waals surface area contributed by atoms with Crippen LogP contribution in [0.2, 0.25) is 0 Å². The Bertz CT molecular complexity index is 406. The van der Waals surface area contributed by atoms with Gasteiger partial charge in [0.15, 0.2) is 0 Å². The molecular formula is C14H19NO2. The minimum atomic E-state index is -0.842. The van der Waals surface area contributed by atoms with Gasteiger partial charge in [0.1, 0.15) is 0 Å². The van der Waals surface area contributed by atoms with E-state index in [-0.39, 0.29) is 0 Å². The third kappa shape index (κ3) is 2.28. The third-order valence-corrected chi connectivity index (χ3v) is 3.61. The van der Waals surface area contributed by atoms with Gasteiger partial charge in [-0.05, 0) is 45.2 Å². The molecule has 1 saturated heterocycles. The highest BCUT2D eigenvalue weighted by Gasteiger charge is 2.27. The molecule has 3 nitrogen and oxygen atoms in total. The molecule has 0 aliphatic carbocycles. The molecule has 3 heteroatoms. The van der Waals surface area contributed by atoms with Crippen molar-refractivity contribution < 1.29 is 9.90 Å². The molecule has 0 bridgehead atoms. The van der Waals surface area contributed by atoms with Gasteiger partial charge in [0.2, 0.25) is 0 Å². The molecule has 92 valence electrons. The van der Waals surface area contributed by atoms with Gasteiger partial charge < -0.3 is 10.0 Å². The maximum absolute atomic E-state index is 11.3. The van der Waals surface area contributed by atoms with Crippen LogP contribution in [0.3, 0.4) is 0 Å². The van der Waals surface area contributed by atoms with Crippen molar-refractivity contribution in [3.8, 4) is 0 Å². The van der Waals surface area contributed by atoms with Gasteiger partial charge in [0.05, 0.1) is 11.3 Å². The largest absolute Gasteiger partial charge is 0.478 e. The molecule has 0 amide bonds. The maximum atomic E-state index is 11.3. The average Bonchev–Trinajstić information content (AvgIpc) is 2.29. The number of hydrogen-bond donors (Lipinski definition) is 1. The molecule has 2 rings (SSSR count). The zero-order valence-electron chi connectivity index (χ0n) is 10.4. The van der Waals surface area contributed by atoms with E-state index in [0.29, 0.717) is 17.6 Å². The Labute approximate surface area is 102 Å². The Morgan fingerprint density at radius 1 is 1.24 bits per heavy atom. The van der Waals surface area contributed by atoms with Gasteiger partial charge in [-0.1, -0.05) is 12.1 Å². The Hall–Kier alpha value is -1.51. The number of nitrogens with zero attached hydrogens (tertiary/aromatic N) is 1. The zero-order valence-corrected chi connectivity index (χ0v) is 10.4. The van der Waals surface area contributed by atoms with E-state index in [0.717, 1.165) is 18.5 Å². The van der Waals surface area contributed by atoms with Gasteiger partial charge in [-0.15, -0.1) is 0 Å². The monoisotopic (exact) mass is 233 g/mol. The van der Waals surface area contributed by atoms with E-state index in [9.17, 15) is 9.90 Å². The van der Waals surface area contributed by atoms with Crippen LogP contribution in [0.25, 0.3) is 0 Å². The van der Waals surface area contributed by atoms with Crippen molar-refractivity contribution in [2.24, 2.45) is 0 Å². The molecule has 1 heterocycles. The molecule has 1 fully saturated rings. The summed E-state index contributed by atoms with van der Waals surface area (Å²) < 4.78 is 0. The van der Waals surface area contributed by atoms with E-state index in [1.165, 1.54) is 6.42 Å². The number of benzene rings is 1. The molecule has 0 spiro atoms. The van der Waals surface area contributed by atoms with E-state index in [1.807, 2.05) is 12.1 Å². The third-order valence-electron chi connectivity index (χ3n) is 3.61. The summed E-state index contributed by atoms with van der Waals surface area (Å²) in [6, 6.07) is 8.13.